The molecule has 0 radical (unpaired) electrons. The zero-order valence-electron chi connectivity index (χ0n) is 8.91. The lowest BCUT2D eigenvalue weighted by Crippen LogP contribution is -2.39. The lowest BCUT2D eigenvalue weighted by atomic mass is 10.3. The van der Waals surface area contributed by atoms with Crippen molar-refractivity contribution < 1.29 is 9.13 Å². The number of halogens is 1. The highest BCUT2D eigenvalue weighted by Gasteiger charge is 2.13. The Bertz CT molecular complexity index is 336. The number of morpholine rings is 1. The Morgan fingerprint density at radius 1 is 1.50 bits per heavy atom. The third-order valence-electron chi connectivity index (χ3n) is 2.33. The van der Waals surface area contributed by atoms with Crippen molar-refractivity contribution in [1.29, 1.82) is 0 Å². The van der Waals surface area contributed by atoms with Crippen LogP contribution < -0.4 is 11.1 Å². The van der Waals surface area contributed by atoms with Crippen LogP contribution in [0.4, 0.5) is 10.1 Å². The Labute approximate surface area is 98.5 Å². The lowest BCUT2D eigenvalue weighted by molar-refractivity contribution is 0.0441. The van der Waals surface area contributed by atoms with Crippen LogP contribution in [-0.4, -0.2) is 31.6 Å². The molecule has 0 spiro atoms. The number of nitrogens with one attached hydrogen (secondary N) is 1. The van der Waals surface area contributed by atoms with Crippen molar-refractivity contribution in [2.24, 2.45) is 0 Å². The molecule has 0 aromatic heterocycles. The van der Waals surface area contributed by atoms with Crippen LogP contribution in [0.1, 0.15) is 0 Å². The number of ether oxygens (including phenoxy) is 1. The van der Waals surface area contributed by atoms with E-state index in [0.717, 1.165) is 30.3 Å². The highest BCUT2D eigenvalue weighted by Crippen LogP contribution is 2.23. The zero-order chi connectivity index (χ0) is 11.4. The molecule has 2 rings (SSSR count). The number of rotatable bonds is 3. The molecule has 0 bridgehead atoms. The molecule has 1 fully saturated rings. The van der Waals surface area contributed by atoms with Crippen molar-refractivity contribution in [3.63, 3.8) is 0 Å². The summed E-state index contributed by atoms with van der Waals surface area (Å²) in [5.74, 6) is 0.529. The normalized spacial score (nSPS) is 20.9. The van der Waals surface area contributed by atoms with Gasteiger partial charge in [-0.05, 0) is 18.2 Å². The summed E-state index contributed by atoms with van der Waals surface area (Å²) in [6.07, 6.45) is 0.197. The molecule has 3 N–H and O–H groups in total. The smallest absolute Gasteiger partial charge is 0.126 e. The molecule has 1 atom stereocenters. The topological polar surface area (TPSA) is 47.3 Å². The van der Waals surface area contributed by atoms with E-state index in [1.165, 1.54) is 12.1 Å². The first kappa shape index (κ1) is 11.7. The molecule has 1 aromatic carbocycles. The lowest BCUT2D eigenvalue weighted by Gasteiger charge is -2.23. The summed E-state index contributed by atoms with van der Waals surface area (Å²) >= 11 is 1.57. The summed E-state index contributed by atoms with van der Waals surface area (Å²) in [6.45, 7) is 2.52. The quantitative estimate of drug-likeness (QED) is 0.623. The highest BCUT2D eigenvalue weighted by molar-refractivity contribution is 7.99. The zero-order valence-corrected chi connectivity index (χ0v) is 9.73. The van der Waals surface area contributed by atoms with Crippen LogP contribution in [0.5, 0.6) is 0 Å². The van der Waals surface area contributed by atoms with Gasteiger partial charge < -0.3 is 15.8 Å². The Balaban J connectivity index is 1.88. The molecule has 88 valence electrons. The molecule has 1 aliphatic heterocycles. The fourth-order valence-corrected chi connectivity index (χ4v) is 2.59. The van der Waals surface area contributed by atoms with E-state index in [1.807, 2.05) is 0 Å². The van der Waals surface area contributed by atoms with Crippen LogP contribution in [0.25, 0.3) is 0 Å². The molecular formula is C11H15FN2OS. The number of hydrogen-bond donors (Lipinski definition) is 2. The molecule has 1 aliphatic rings. The van der Waals surface area contributed by atoms with E-state index in [2.05, 4.69) is 5.32 Å². The number of hydrogen-bond acceptors (Lipinski definition) is 4. The predicted octanol–water partition coefficient (Wildman–Crippen LogP) is 1.49. The van der Waals surface area contributed by atoms with Crippen LogP contribution in [0, 0.1) is 5.82 Å². The van der Waals surface area contributed by atoms with Crippen molar-refractivity contribution in [3.8, 4) is 0 Å². The summed E-state index contributed by atoms with van der Waals surface area (Å²) in [5, 5.41) is 3.26. The Kier molecular flexibility index (Phi) is 4.04. The summed E-state index contributed by atoms with van der Waals surface area (Å²) in [6, 6.07) is 4.60. The van der Waals surface area contributed by atoms with Gasteiger partial charge in [-0.2, -0.15) is 0 Å². The first-order valence-electron chi connectivity index (χ1n) is 5.25. The fraction of sp³-hybridized carbons (Fsp3) is 0.455. The first-order valence-corrected chi connectivity index (χ1v) is 6.24. The van der Waals surface area contributed by atoms with Crippen molar-refractivity contribution in [2.45, 2.75) is 11.0 Å². The molecule has 5 heteroatoms. The first-order chi connectivity index (χ1) is 7.74. The van der Waals surface area contributed by atoms with E-state index in [1.54, 1.807) is 17.8 Å². The van der Waals surface area contributed by atoms with Gasteiger partial charge >= 0.3 is 0 Å². The van der Waals surface area contributed by atoms with Crippen LogP contribution in [0.3, 0.4) is 0 Å². The molecule has 0 saturated carbocycles. The highest BCUT2D eigenvalue weighted by atomic mass is 32.2. The summed E-state index contributed by atoms with van der Waals surface area (Å²) in [5.41, 5.74) is 6.03. The second kappa shape index (κ2) is 5.52. The Hall–Kier alpha value is -0.780. The molecule has 0 amide bonds. The number of nitrogen functional groups attached to an aromatic ring is 1. The molecule has 0 aliphatic carbocycles. The average Bonchev–Trinajstić information content (AvgIpc) is 2.27. The van der Waals surface area contributed by atoms with E-state index in [0.29, 0.717) is 5.69 Å². The number of nitrogens with two attached hydrogens (primary N) is 1. The second-order valence-corrected chi connectivity index (χ2v) is 4.82. The summed E-state index contributed by atoms with van der Waals surface area (Å²) in [4.78, 5) is 0.853. The van der Waals surface area contributed by atoms with Gasteiger partial charge in [-0.1, -0.05) is 0 Å². The molecule has 1 unspecified atom stereocenters. The van der Waals surface area contributed by atoms with Crippen LogP contribution in [0.2, 0.25) is 0 Å². The molecule has 1 heterocycles. The minimum Gasteiger partial charge on any atom is -0.399 e. The number of anilines is 1. The monoisotopic (exact) mass is 242 g/mol. The predicted molar refractivity (Wildman–Crippen MR) is 64.1 cm³/mol. The van der Waals surface area contributed by atoms with Crippen molar-refractivity contribution >= 4 is 17.4 Å². The van der Waals surface area contributed by atoms with E-state index < -0.39 is 0 Å². The van der Waals surface area contributed by atoms with Gasteiger partial charge in [0.15, 0.2) is 0 Å². The van der Waals surface area contributed by atoms with Crippen molar-refractivity contribution in [2.75, 3.05) is 31.2 Å². The van der Waals surface area contributed by atoms with E-state index in [-0.39, 0.29) is 11.9 Å². The second-order valence-electron chi connectivity index (χ2n) is 3.73. The van der Waals surface area contributed by atoms with Crippen LogP contribution >= 0.6 is 11.8 Å². The van der Waals surface area contributed by atoms with Crippen molar-refractivity contribution in [3.05, 3.63) is 24.0 Å². The number of thioether (sulfide) groups is 1. The molecule has 1 aromatic rings. The van der Waals surface area contributed by atoms with Crippen molar-refractivity contribution in [1.82, 2.24) is 5.32 Å². The average molecular weight is 242 g/mol. The SMILES string of the molecule is Nc1cc(F)cc(SCC2CNCCO2)c1. The van der Waals surface area contributed by atoms with E-state index in [9.17, 15) is 4.39 Å². The largest absolute Gasteiger partial charge is 0.399 e. The van der Waals surface area contributed by atoms with Crippen LogP contribution in [0.15, 0.2) is 23.1 Å². The standard InChI is InChI=1S/C11H15FN2OS/c12-8-3-9(13)5-11(4-8)16-7-10-6-14-1-2-15-10/h3-5,10,14H,1-2,6-7,13H2. The van der Waals surface area contributed by atoms with Gasteiger partial charge in [-0.25, -0.2) is 4.39 Å². The minimum absolute atomic E-state index is 0.197. The Morgan fingerprint density at radius 2 is 2.38 bits per heavy atom. The minimum atomic E-state index is -0.287. The maximum Gasteiger partial charge on any atom is 0.126 e. The van der Waals surface area contributed by atoms with Gasteiger partial charge in [0.1, 0.15) is 5.82 Å². The molecular weight excluding hydrogens is 227 g/mol. The van der Waals surface area contributed by atoms with Gasteiger partial charge in [0.2, 0.25) is 0 Å². The summed E-state index contributed by atoms with van der Waals surface area (Å²) in [7, 11) is 0. The molecule has 3 nitrogen and oxygen atoms in total. The maximum absolute atomic E-state index is 13.1. The Morgan fingerprint density at radius 3 is 3.06 bits per heavy atom. The van der Waals surface area contributed by atoms with Gasteiger partial charge in [0, 0.05) is 29.4 Å². The maximum atomic E-state index is 13.1. The molecule has 16 heavy (non-hydrogen) atoms. The third kappa shape index (κ3) is 3.37. The van der Waals surface area contributed by atoms with Gasteiger partial charge in [0.05, 0.1) is 12.7 Å². The van der Waals surface area contributed by atoms with E-state index >= 15 is 0 Å². The summed E-state index contributed by atoms with van der Waals surface area (Å²) < 4.78 is 18.6. The number of benzene rings is 1. The third-order valence-corrected chi connectivity index (χ3v) is 3.44. The molecule has 1 saturated heterocycles. The van der Waals surface area contributed by atoms with Gasteiger partial charge in [0.25, 0.3) is 0 Å². The fourth-order valence-electron chi connectivity index (χ4n) is 1.58. The van der Waals surface area contributed by atoms with Gasteiger partial charge in [-0.3, -0.25) is 0 Å². The van der Waals surface area contributed by atoms with E-state index in [4.69, 9.17) is 10.5 Å². The van der Waals surface area contributed by atoms with Crippen LogP contribution in [-0.2, 0) is 4.74 Å². The van der Waals surface area contributed by atoms with Gasteiger partial charge in [-0.15, -0.1) is 11.8 Å².